The monoisotopic (exact) mass is 323 g/mol. The fraction of sp³-hybridized carbons (Fsp3) is 0.500. The Morgan fingerprint density at radius 1 is 1.42 bits per heavy atom. The molecule has 102 valence electrons. The van der Waals surface area contributed by atoms with Gasteiger partial charge in [0.25, 0.3) is 0 Å². The lowest BCUT2D eigenvalue weighted by atomic mass is 9.98. The third-order valence-electron chi connectivity index (χ3n) is 3.79. The van der Waals surface area contributed by atoms with Crippen molar-refractivity contribution in [3.8, 4) is 0 Å². The number of nitrogens with one attached hydrogen (secondary N) is 2. The van der Waals surface area contributed by atoms with Crippen molar-refractivity contribution in [1.29, 1.82) is 0 Å². The van der Waals surface area contributed by atoms with Crippen molar-refractivity contribution in [2.75, 3.05) is 36.4 Å². The molecule has 1 aromatic carbocycles. The molecule has 2 aliphatic rings. The summed E-state index contributed by atoms with van der Waals surface area (Å²) in [6.45, 7) is 3.59. The Morgan fingerprint density at radius 2 is 2.32 bits per heavy atom. The molecule has 0 spiro atoms. The number of hydrogen-bond donors (Lipinski definition) is 2. The van der Waals surface area contributed by atoms with Gasteiger partial charge in [0.05, 0.1) is 17.9 Å². The number of piperidine rings is 1. The second kappa shape index (κ2) is 5.51. The normalized spacial score (nSPS) is 22.9. The number of fused-ring (bicyclic) bond motifs is 1. The first kappa shape index (κ1) is 12.9. The molecule has 4 nitrogen and oxygen atoms in total. The van der Waals surface area contributed by atoms with Gasteiger partial charge in [0.1, 0.15) is 0 Å². The predicted octanol–water partition coefficient (Wildman–Crippen LogP) is 2.21. The van der Waals surface area contributed by atoms with Crippen LogP contribution in [0.25, 0.3) is 0 Å². The number of carbonyl (C=O) groups is 1. The first-order valence-electron chi connectivity index (χ1n) is 6.77. The van der Waals surface area contributed by atoms with Crippen LogP contribution in [0.2, 0.25) is 0 Å². The zero-order valence-electron chi connectivity index (χ0n) is 10.8. The van der Waals surface area contributed by atoms with Crippen molar-refractivity contribution in [3.63, 3.8) is 0 Å². The lowest BCUT2D eigenvalue weighted by Gasteiger charge is -2.35. The Bertz CT molecular complexity index is 486. The molecule has 1 fully saturated rings. The molecular weight excluding hydrogens is 306 g/mol. The topological polar surface area (TPSA) is 44.4 Å². The molecule has 1 amide bonds. The molecule has 2 aliphatic heterocycles. The summed E-state index contributed by atoms with van der Waals surface area (Å²) in [5, 5.41) is 6.37. The molecule has 1 aromatic rings. The predicted molar refractivity (Wildman–Crippen MR) is 80.6 cm³/mol. The van der Waals surface area contributed by atoms with Gasteiger partial charge < -0.3 is 15.5 Å². The summed E-state index contributed by atoms with van der Waals surface area (Å²) < 4.78 is 1.05. The van der Waals surface area contributed by atoms with Crippen molar-refractivity contribution < 1.29 is 4.79 Å². The largest absolute Gasteiger partial charge is 0.360 e. The molecule has 0 saturated carbocycles. The summed E-state index contributed by atoms with van der Waals surface area (Å²) in [7, 11) is 0. The number of rotatable bonds is 2. The Hall–Kier alpha value is -1.07. The second-order valence-corrected chi connectivity index (χ2v) is 6.22. The molecule has 1 atom stereocenters. The molecule has 5 heteroatoms. The number of benzene rings is 1. The van der Waals surface area contributed by atoms with Gasteiger partial charge >= 0.3 is 0 Å². The minimum atomic E-state index is 0.0820. The molecule has 0 aromatic heterocycles. The SMILES string of the molecule is O=C1CN(CC2CCCNC2)c2cc(Br)ccc2N1. The van der Waals surface area contributed by atoms with E-state index in [-0.39, 0.29) is 5.91 Å². The van der Waals surface area contributed by atoms with Crippen molar-refractivity contribution in [3.05, 3.63) is 22.7 Å². The number of halogens is 1. The zero-order chi connectivity index (χ0) is 13.2. The smallest absolute Gasteiger partial charge is 0.243 e. The first-order chi connectivity index (χ1) is 9.22. The Kier molecular flexibility index (Phi) is 3.75. The van der Waals surface area contributed by atoms with E-state index in [1.54, 1.807) is 0 Å². The van der Waals surface area contributed by atoms with Crippen LogP contribution in [0.4, 0.5) is 11.4 Å². The van der Waals surface area contributed by atoms with Crippen LogP contribution in [0.1, 0.15) is 12.8 Å². The molecule has 2 heterocycles. The van der Waals surface area contributed by atoms with Crippen molar-refractivity contribution in [1.82, 2.24) is 5.32 Å². The molecule has 1 saturated heterocycles. The molecular formula is C14H18BrN3O. The van der Waals surface area contributed by atoms with Gasteiger partial charge in [-0.2, -0.15) is 0 Å². The van der Waals surface area contributed by atoms with E-state index in [0.29, 0.717) is 12.5 Å². The van der Waals surface area contributed by atoms with E-state index in [1.807, 2.05) is 12.1 Å². The summed E-state index contributed by atoms with van der Waals surface area (Å²) in [5.74, 6) is 0.713. The maximum absolute atomic E-state index is 11.8. The maximum Gasteiger partial charge on any atom is 0.243 e. The summed E-state index contributed by atoms with van der Waals surface area (Å²) in [5.41, 5.74) is 2.04. The minimum Gasteiger partial charge on any atom is -0.360 e. The highest BCUT2D eigenvalue weighted by molar-refractivity contribution is 9.10. The molecule has 0 bridgehead atoms. The van der Waals surface area contributed by atoms with E-state index in [2.05, 4.69) is 37.5 Å². The summed E-state index contributed by atoms with van der Waals surface area (Å²) in [6.07, 6.45) is 2.48. The van der Waals surface area contributed by atoms with E-state index in [1.165, 1.54) is 12.8 Å². The molecule has 0 radical (unpaired) electrons. The number of hydrogen-bond acceptors (Lipinski definition) is 3. The van der Waals surface area contributed by atoms with Crippen LogP contribution in [0.5, 0.6) is 0 Å². The fourth-order valence-electron chi connectivity index (χ4n) is 2.87. The molecule has 2 N–H and O–H groups in total. The van der Waals surface area contributed by atoms with Crippen molar-refractivity contribution in [2.45, 2.75) is 12.8 Å². The van der Waals surface area contributed by atoms with Gasteiger partial charge in [0.15, 0.2) is 0 Å². The van der Waals surface area contributed by atoms with E-state index >= 15 is 0 Å². The highest BCUT2D eigenvalue weighted by Crippen LogP contribution is 2.33. The standard InChI is InChI=1S/C14H18BrN3O/c15-11-3-4-12-13(6-11)18(9-14(19)17-12)8-10-2-1-5-16-7-10/h3-4,6,10,16H,1-2,5,7-9H2,(H,17,19). The van der Waals surface area contributed by atoms with Crippen molar-refractivity contribution in [2.24, 2.45) is 5.92 Å². The van der Waals surface area contributed by atoms with Gasteiger partial charge in [-0.1, -0.05) is 15.9 Å². The van der Waals surface area contributed by atoms with E-state index < -0.39 is 0 Å². The van der Waals surface area contributed by atoms with Gasteiger partial charge in [0.2, 0.25) is 5.91 Å². The highest BCUT2D eigenvalue weighted by atomic mass is 79.9. The molecule has 1 unspecified atom stereocenters. The zero-order valence-corrected chi connectivity index (χ0v) is 12.4. The Labute approximate surface area is 121 Å². The van der Waals surface area contributed by atoms with Crippen LogP contribution in [-0.4, -0.2) is 32.1 Å². The van der Waals surface area contributed by atoms with Crippen LogP contribution < -0.4 is 15.5 Å². The van der Waals surface area contributed by atoms with Crippen LogP contribution >= 0.6 is 15.9 Å². The maximum atomic E-state index is 11.8. The number of nitrogens with zero attached hydrogens (tertiary/aromatic N) is 1. The number of anilines is 2. The average Bonchev–Trinajstić information content (AvgIpc) is 2.41. The molecule has 0 aliphatic carbocycles. The summed E-state index contributed by atoms with van der Waals surface area (Å²) in [4.78, 5) is 14.0. The summed E-state index contributed by atoms with van der Waals surface area (Å²) >= 11 is 3.51. The van der Waals surface area contributed by atoms with Gasteiger partial charge in [-0.3, -0.25) is 4.79 Å². The van der Waals surface area contributed by atoms with Crippen molar-refractivity contribution >= 4 is 33.2 Å². The van der Waals surface area contributed by atoms with E-state index in [4.69, 9.17) is 0 Å². The molecule has 19 heavy (non-hydrogen) atoms. The second-order valence-electron chi connectivity index (χ2n) is 5.30. The number of carbonyl (C=O) groups excluding carboxylic acids is 1. The Balaban J connectivity index is 1.81. The number of amides is 1. The van der Waals surface area contributed by atoms with Crippen LogP contribution in [0.15, 0.2) is 22.7 Å². The lowest BCUT2D eigenvalue weighted by Crippen LogP contribution is -2.44. The van der Waals surface area contributed by atoms with Crippen LogP contribution in [0.3, 0.4) is 0 Å². The van der Waals surface area contributed by atoms with E-state index in [0.717, 1.165) is 35.5 Å². The fourth-order valence-corrected chi connectivity index (χ4v) is 3.22. The lowest BCUT2D eigenvalue weighted by molar-refractivity contribution is -0.115. The van der Waals surface area contributed by atoms with E-state index in [9.17, 15) is 4.79 Å². The third-order valence-corrected chi connectivity index (χ3v) is 4.28. The van der Waals surface area contributed by atoms with Gasteiger partial charge in [-0.25, -0.2) is 0 Å². The third kappa shape index (κ3) is 2.92. The summed E-state index contributed by atoms with van der Waals surface area (Å²) in [6, 6.07) is 6.01. The highest BCUT2D eigenvalue weighted by Gasteiger charge is 2.25. The van der Waals surface area contributed by atoms with Gasteiger partial charge in [-0.05, 0) is 50.0 Å². The first-order valence-corrected chi connectivity index (χ1v) is 7.57. The van der Waals surface area contributed by atoms with Crippen LogP contribution in [0, 0.1) is 5.92 Å². The minimum absolute atomic E-state index is 0.0820. The molecule has 3 rings (SSSR count). The van der Waals surface area contributed by atoms with Gasteiger partial charge in [0, 0.05) is 11.0 Å². The Morgan fingerprint density at radius 3 is 3.11 bits per heavy atom. The van der Waals surface area contributed by atoms with Gasteiger partial charge in [-0.15, -0.1) is 0 Å². The van der Waals surface area contributed by atoms with Crippen LogP contribution in [-0.2, 0) is 4.79 Å². The quantitative estimate of drug-likeness (QED) is 0.877. The average molecular weight is 324 g/mol.